The van der Waals surface area contributed by atoms with Crippen LogP contribution in [0.2, 0.25) is 0 Å². The van der Waals surface area contributed by atoms with Crippen LogP contribution >= 0.6 is 0 Å². The molecule has 4 aromatic rings. The number of ether oxygens (including phenoxy) is 1. The van der Waals surface area contributed by atoms with Crippen LogP contribution in [-0.4, -0.2) is 28.8 Å². The maximum absolute atomic E-state index is 12.7. The van der Waals surface area contributed by atoms with Gasteiger partial charge in [0.2, 0.25) is 0 Å². The van der Waals surface area contributed by atoms with Crippen molar-refractivity contribution < 1.29 is 27.1 Å². The van der Waals surface area contributed by atoms with E-state index in [1.807, 2.05) is 6.07 Å². The number of aromatic amines is 1. The summed E-state index contributed by atoms with van der Waals surface area (Å²) >= 11 is 0. The number of rotatable bonds is 5. The quantitative estimate of drug-likeness (QED) is 0.263. The second-order valence-corrected chi connectivity index (χ2v) is 9.30. The Morgan fingerprint density at radius 2 is 1.84 bits per heavy atom. The Kier molecular flexibility index (Phi) is 8.66. The van der Waals surface area contributed by atoms with E-state index < -0.39 is 6.36 Å². The highest BCUT2D eigenvalue weighted by Gasteiger charge is 2.33. The van der Waals surface area contributed by atoms with Crippen LogP contribution in [0.5, 0.6) is 5.75 Å². The van der Waals surface area contributed by atoms with Crippen LogP contribution in [0, 0.1) is 18.7 Å². The maximum Gasteiger partial charge on any atom is 0.573 e. The normalized spacial score (nSPS) is 14.0. The minimum atomic E-state index is -4.80. The van der Waals surface area contributed by atoms with Crippen molar-refractivity contribution in [3.63, 3.8) is 0 Å². The summed E-state index contributed by atoms with van der Waals surface area (Å²) < 4.78 is 55.0. The molecule has 200 valence electrons. The number of nitrogens with zero attached hydrogens (tertiary/aromatic N) is 1. The molecule has 1 amide bonds. The fraction of sp³-hybridized carbons (Fsp3) is 0.310. The predicted octanol–water partition coefficient (Wildman–Crippen LogP) is 7.57. The van der Waals surface area contributed by atoms with Crippen LogP contribution in [-0.2, 0) is 0 Å². The predicted molar refractivity (Wildman–Crippen MR) is 138 cm³/mol. The van der Waals surface area contributed by atoms with E-state index in [4.69, 9.17) is 0 Å². The highest BCUT2D eigenvalue weighted by Crippen LogP contribution is 2.37. The summed E-state index contributed by atoms with van der Waals surface area (Å²) in [6, 6.07) is 14.0. The topological polar surface area (TPSA) is 67.0 Å². The van der Waals surface area contributed by atoms with E-state index in [1.54, 1.807) is 31.3 Å². The molecule has 1 aliphatic carbocycles. The van der Waals surface area contributed by atoms with E-state index in [1.165, 1.54) is 55.8 Å². The van der Waals surface area contributed by atoms with Crippen molar-refractivity contribution >= 4 is 16.8 Å². The SMILES string of the molecule is Cc1[nH]cc(C(=O)NCC2CCCCC2)c1-c1ccccc1OC(F)(F)F.Fc1ccc2ncccc2c1. The van der Waals surface area contributed by atoms with E-state index in [0.29, 0.717) is 29.3 Å². The van der Waals surface area contributed by atoms with Crippen molar-refractivity contribution in [1.82, 2.24) is 15.3 Å². The number of para-hydroxylation sites is 1. The molecule has 0 spiro atoms. The van der Waals surface area contributed by atoms with Crippen LogP contribution in [0.25, 0.3) is 22.0 Å². The molecule has 0 unspecified atom stereocenters. The Hall–Kier alpha value is -3.88. The second-order valence-electron chi connectivity index (χ2n) is 9.30. The lowest BCUT2D eigenvalue weighted by Gasteiger charge is -2.21. The first-order valence-corrected chi connectivity index (χ1v) is 12.5. The molecule has 0 aliphatic heterocycles. The standard InChI is InChI=1S/C20H23F3N2O2.C9H6FN/c1-13-18(15-9-5-6-10-17(15)27-20(21,22)23)16(12-24-13)19(26)25-11-14-7-3-2-4-8-14;10-8-3-4-9-7(6-8)2-1-5-11-9/h5-6,9-10,12,14,24H,2-4,7-8,11H2,1H3,(H,25,26);1-6H. The van der Waals surface area contributed by atoms with Gasteiger partial charge >= 0.3 is 6.36 Å². The molecule has 1 fully saturated rings. The van der Waals surface area contributed by atoms with Gasteiger partial charge in [0.05, 0.1) is 11.1 Å². The highest BCUT2D eigenvalue weighted by atomic mass is 19.4. The van der Waals surface area contributed by atoms with Crippen molar-refractivity contribution in [1.29, 1.82) is 0 Å². The van der Waals surface area contributed by atoms with Crippen molar-refractivity contribution in [3.05, 3.63) is 84.1 Å². The van der Waals surface area contributed by atoms with Gasteiger partial charge in [-0.25, -0.2) is 4.39 Å². The molecule has 2 N–H and O–H groups in total. The Morgan fingerprint density at radius 1 is 1.08 bits per heavy atom. The summed E-state index contributed by atoms with van der Waals surface area (Å²) in [5, 5.41) is 3.78. The van der Waals surface area contributed by atoms with Gasteiger partial charge in [0.25, 0.3) is 5.91 Å². The van der Waals surface area contributed by atoms with Gasteiger partial charge in [-0.1, -0.05) is 43.5 Å². The number of hydrogen-bond donors (Lipinski definition) is 2. The molecule has 38 heavy (non-hydrogen) atoms. The largest absolute Gasteiger partial charge is 0.573 e. The van der Waals surface area contributed by atoms with E-state index in [9.17, 15) is 22.4 Å². The zero-order valence-corrected chi connectivity index (χ0v) is 20.9. The van der Waals surface area contributed by atoms with E-state index in [2.05, 4.69) is 20.0 Å². The number of carbonyl (C=O) groups excluding carboxylic acids is 1. The molecule has 2 aromatic carbocycles. The number of pyridine rings is 1. The molecular formula is C29H29F4N3O2. The van der Waals surface area contributed by atoms with Gasteiger partial charge in [-0.15, -0.1) is 13.2 Å². The van der Waals surface area contributed by atoms with Gasteiger partial charge in [-0.05, 0) is 56.0 Å². The third-order valence-electron chi connectivity index (χ3n) is 6.55. The first-order valence-electron chi connectivity index (χ1n) is 12.5. The number of benzene rings is 2. The number of aryl methyl sites for hydroxylation is 1. The van der Waals surface area contributed by atoms with Crippen molar-refractivity contribution in [2.45, 2.75) is 45.4 Å². The van der Waals surface area contributed by atoms with Crippen LogP contribution in [0.3, 0.4) is 0 Å². The van der Waals surface area contributed by atoms with Gasteiger partial charge in [-0.3, -0.25) is 9.78 Å². The average Bonchev–Trinajstić information content (AvgIpc) is 3.29. The van der Waals surface area contributed by atoms with Gasteiger partial charge in [0.1, 0.15) is 11.6 Å². The zero-order valence-electron chi connectivity index (χ0n) is 20.9. The van der Waals surface area contributed by atoms with E-state index >= 15 is 0 Å². The smallest absolute Gasteiger partial charge is 0.405 e. The molecule has 1 saturated carbocycles. The number of nitrogens with one attached hydrogen (secondary N) is 2. The number of carbonyl (C=O) groups is 1. The number of aromatic nitrogens is 2. The molecule has 5 rings (SSSR count). The molecule has 0 saturated heterocycles. The first-order chi connectivity index (χ1) is 18.2. The fourth-order valence-electron chi connectivity index (χ4n) is 4.71. The lowest BCUT2D eigenvalue weighted by atomic mass is 9.89. The Morgan fingerprint density at radius 3 is 2.61 bits per heavy atom. The fourth-order valence-corrected chi connectivity index (χ4v) is 4.71. The summed E-state index contributed by atoms with van der Waals surface area (Å²) in [6.07, 6.45) is 4.22. The molecule has 1 aliphatic rings. The molecule has 0 radical (unpaired) electrons. The van der Waals surface area contributed by atoms with Crippen molar-refractivity contribution in [2.75, 3.05) is 6.54 Å². The van der Waals surface area contributed by atoms with Crippen LogP contribution in [0.1, 0.15) is 48.2 Å². The lowest BCUT2D eigenvalue weighted by molar-refractivity contribution is -0.274. The number of hydrogen-bond acceptors (Lipinski definition) is 3. The number of alkyl halides is 3. The lowest BCUT2D eigenvalue weighted by Crippen LogP contribution is -2.30. The molecule has 2 aromatic heterocycles. The van der Waals surface area contributed by atoms with Crippen LogP contribution in [0.4, 0.5) is 17.6 Å². The molecular weight excluding hydrogens is 498 g/mol. The third kappa shape index (κ3) is 7.12. The second kappa shape index (κ2) is 12.1. The third-order valence-corrected chi connectivity index (χ3v) is 6.55. The van der Waals surface area contributed by atoms with Gasteiger partial charge in [0, 0.05) is 41.1 Å². The first kappa shape index (κ1) is 27.2. The molecule has 5 nitrogen and oxygen atoms in total. The minimum absolute atomic E-state index is 0.217. The number of H-pyrrole nitrogens is 1. The van der Waals surface area contributed by atoms with Gasteiger partial charge < -0.3 is 15.0 Å². The molecule has 0 atom stereocenters. The van der Waals surface area contributed by atoms with Gasteiger partial charge in [0.15, 0.2) is 0 Å². The van der Waals surface area contributed by atoms with Gasteiger partial charge in [-0.2, -0.15) is 0 Å². The Labute approximate surface area is 218 Å². The zero-order chi connectivity index (χ0) is 27.1. The van der Waals surface area contributed by atoms with E-state index in [-0.39, 0.29) is 23.0 Å². The number of halogens is 4. The van der Waals surface area contributed by atoms with Crippen molar-refractivity contribution in [2.24, 2.45) is 5.92 Å². The van der Waals surface area contributed by atoms with Crippen molar-refractivity contribution in [3.8, 4) is 16.9 Å². The molecule has 2 heterocycles. The minimum Gasteiger partial charge on any atom is -0.405 e. The summed E-state index contributed by atoms with van der Waals surface area (Å²) in [4.78, 5) is 19.7. The molecule has 0 bridgehead atoms. The maximum atomic E-state index is 12.7. The Balaban J connectivity index is 0.000000253. The summed E-state index contributed by atoms with van der Waals surface area (Å²) in [5.74, 6) is -0.367. The summed E-state index contributed by atoms with van der Waals surface area (Å²) in [7, 11) is 0. The highest BCUT2D eigenvalue weighted by molar-refractivity contribution is 6.02. The van der Waals surface area contributed by atoms with Crippen LogP contribution < -0.4 is 10.1 Å². The Bertz CT molecular complexity index is 1380. The summed E-state index contributed by atoms with van der Waals surface area (Å²) in [6.45, 7) is 2.31. The number of amides is 1. The van der Waals surface area contributed by atoms with Crippen LogP contribution in [0.15, 0.2) is 67.0 Å². The number of fused-ring (bicyclic) bond motifs is 1. The summed E-state index contributed by atoms with van der Waals surface area (Å²) in [5.41, 5.74) is 2.42. The monoisotopic (exact) mass is 527 g/mol. The van der Waals surface area contributed by atoms with E-state index in [0.717, 1.165) is 23.7 Å². The average molecular weight is 528 g/mol. The molecule has 9 heteroatoms.